The van der Waals surface area contributed by atoms with E-state index >= 15 is 0 Å². The zero-order valence-electron chi connectivity index (χ0n) is 12.8. The van der Waals surface area contributed by atoms with Gasteiger partial charge in [0, 0.05) is 12.6 Å². The van der Waals surface area contributed by atoms with Gasteiger partial charge in [-0.1, -0.05) is 18.2 Å². The van der Waals surface area contributed by atoms with Gasteiger partial charge in [-0.15, -0.1) is 6.58 Å². The number of ether oxygens (including phenoxy) is 2. The van der Waals surface area contributed by atoms with Gasteiger partial charge in [-0.3, -0.25) is 9.48 Å². The number of hydrogen-bond donors (Lipinski definition) is 1. The second-order valence-corrected chi connectivity index (χ2v) is 5.32. The van der Waals surface area contributed by atoms with Gasteiger partial charge in [-0.2, -0.15) is 5.10 Å². The molecule has 23 heavy (non-hydrogen) atoms. The molecular weight excluding hydrogens is 294 g/mol. The van der Waals surface area contributed by atoms with E-state index in [4.69, 9.17) is 9.47 Å². The maximum absolute atomic E-state index is 11.7. The summed E-state index contributed by atoms with van der Waals surface area (Å²) in [6.45, 7) is 4.63. The van der Waals surface area contributed by atoms with E-state index in [1.807, 2.05) is 24.3 Å². The average Bonchev–Trinajstić information content (AvgIpc) is 2.99. The van der Waals surface area contributed by atoms with Gasteiger partial charge in [0.1, 0.15) is 6.61 Å². The van der Waals surface area contributed by atoms with Crippen molar-refractivity contribution in [2.75, 3.05) is 11.9 Å². The van der Waals surface area contributed by atoms with Crippen LogP contribution in [0.4, 0.5) is 5.69 Å². The molecule has 1 aromatic heterocycles. The van der Waals surface area contributed by atoms with Crippen LogP contribution in [0.3, 0.4) is 0 Å². The van der Waals surface area contributed by atoms with E-state index in [0.29, 0.717) is 31.7 Å². The Hall–Kier alpha value is -2.76. The lowest BCUT2D eigenvalue weighted by Crippen LogP contribution is -2.33. The molecule has 1 N–H and O–H groups in total. The van der Waals surface area contributed by atoms with Crippen molar-refractivity contribution in [2.24, 2.45) is 0 Å². The van der Waals surface area contributed by atoms with Crippen LogP contribution in [0.1, 0.15) is 12.8 Å². The minimum absolute atomic E-state index is 0.0457. The molecule has 2 aromatic rings. The number of benzene rings is 1. The summed E-state index contributed by atoms with van der Waals surface area (Å²) in [5.74, 6) is 1.46. The van der Waals surface area contributed by atoms with E-state index in [1.54, 1.807) is 23.2 Å². The van der Waals surface area contributed by atoms with Crippen LogP contribution in [0.25, 0.3) is 0 Å². The quantitative estimate of drug-likeness (QED) is 0.833. The molecule has 0 saturated heterocycles. The first-order chi connectivity index (χ1) is 11.2. The monoisotopic (exact) mass is 313 g/mol. The predicted octanol–water partition coefficient (Wildman–Crippen LogP) is 2.63. The molecule has 1 aromatic carbocycles. The summed E-state index contributed by atoms with van der Waals surface area (Å²) in [6.07, 6.45) is 6.10. The van der Waals surface area contributed by atoms with Gasteiger partial charge in [0.2, 0.25) is 5.91 Å². The molecule has 3 rings (SSSR count). The summed E-state index contributed by atoms with van der Waals surface area (Å²) in [5.41, 5.74) is 0.677. The minimum Gasteiger partial charge on any atom is -0.486 e. The Morgan fingerprint density at radius 3 is 3.09 bits per heavy atom. The molecule has 0 radical (unpaired) electrons. The van der Waals surface area contributed by atoms with Gasteiger partial charge in [0.05, 0.1) is 18.4 Å². The minimum atomic E-state index is -0.117. The van der Waals surface area contributed by atoms with Gasteiger partial charge < -0.3 is 14.8 Å². The van der Waals surface area contributed by atoms with Gasteiger partial charge in [0.15, 0.2) is 17.6 Å². The normalized spacial score (nSPS) is 15.9. The molecule has 0 aliphatic carbocycles. The number of fused-ring (bicyclic) bond motifs is 1. The van der Waals surface area contributed by atoms with Crippen LogP contribution in [0, 0.1) is 0 Å². The standard InChI is InChI=1S/C17H19N3O3/c1-2-3-8-17(21)19-13-9-18-20(10-13)11-14-12-22-15-6-4-5-7-16(15)23-14/h2,4-7,9-10,14H,1,3,8,11-12H2,(H,19,21). The van der Waals surface area contributed by atoms with Crippen LogP contribution < -0.4 is 14.8 Å². The molecule has 1 unspecified atom stereocenters. The van der Waals surface area contributed by atoms with E-state index in [2.05, 4.69) is 17.0 Å². The molecule has 0 fully saturated rings. The Bertz CT molecular complexity index is 696. The van der Waals surface area contributed by atoms with Crippen molar-refractivity contribution in [3.63, 3.8) is 0 Å². The van der Waals surface area contributed by atoms with Crippen molar-refractivity contribution in [1.29, 1.82) is 0 Å². The van der Waals surface area contributed by atoms with E-state index in [0.717, 1.165) is 11.5 Å². The number of aromatic nitrogens is 2. The molecule has 0 bridgehead atoms. The molecule has 6 heteroatoms. The molecule has 2 heterocycles. The van der Waals surface area contributed by atoms with Crippen LogP contribution in [-0.4, -0.2) is 28.4 Å². The van der Waals surface area contributed by atoms with E-state index < -0.39 is 0 Å². The maximum atomic E-state index is 11.7. The number of hydrogen-bond acceptors (Lipinski definition) is 4. The van der Waals surface area contributed by atoms with E-state index in [-0.39, 0.29) is 12.0 Å². The number of amides is 1. The topological polar surface area (TPSA) is 65.4 Å². The highest BCUT2D eigenvalue weighted by molar-refractivity contribution is 5.90. The van der Waals surface area contributed by atoms with Crippen molar-refractivity contribution < 1.29 is 14.3 Å². The first-order valence-electron chi connectivity index (χ1n) is 7.56. The summed E-state index contributed by atoms with van der Waals surface area (Å²) < 4.78 is 13.3. The Morgan fingerprint density at radius 2 is 2.26 bits per heavy atom. The highest BCUT2D eigenvalue weighted by Gasteiger charge is 2.21. The van der Waals surface area contributed by atoms with Gasteiger partial charge in [-0.05, 0) is 18.6 Å². The third-order valence-electron chi connectivity index (χ3n) is 3.45. The number of allylic oxidation sites excluding steroid dienone is 1. The molecule has 1 aliphatic heterocycles. The van der Waals surface area contributed by atoms with Crippen LogP contribution in [-0.2, 0) is 11.3 Å². The highest BCUT2D eigenvalue weighted by Crippen LogP contribution is 2.31. The number of nitrogens with one attached hydrogen (secondary N) is 1. The van der Waals surface area contributed by atoms with Crippen molar-refractivity contribution in [1.82, 2.24) is 9.78 Å². The average molecular weight is 313 g/mol. The molecule has 6 nitrogen and oxygen atoms in total. The van der Waals surface area contributed by atoms with Crippen molar-refractivity contribution >= 4 is 11.6 Å². The lowest BCUT2D eigenvalue weighted by atomic mass is 10.2. The van der Waals surface area contributed by atoms with E-state index in [9.17, 15) is 4.79 Å². The zero-order valence-corrected chi connectivity index (χ0v) is 12.8. The third-order valence-corrected chi connectivity index (χ3v) is 3.45. The Kier molecular flexibility index (Phi) is 4.61. The molecule has 0 spiro atoms. The van der Waals surface area contributed by atoms with Crippen LogP contribution >= 0.6 is 0 Å². The predicted molar refractivity (Wildman–Crippen MR) is 86.6 cm³/mol. The SMILES string of the molecule is C=CCCC(=O)Nc1cnn(CC2COc3ccccc3O2)c1. The molecule has 120 valence electrons. The van der Waals surface area contributed by atoms with E-state index in [1.165, 1.54) is 0 Å². The number of carbonyl (C=O) groups excluding carboxylic acids is 1. The highest BCUT2D eigenvalue weighted by atomic mass is 16.6. The summed E-state index contributed by atoms with van der Waals surface area (Å²) >= 11 is 0. The van der Waals surface area contributed by atoms with Crippen molar-refractivity contribution in [3.05, 3.63) is 49.3 Å². The largest absolute Gasteiger partial charge is 0.486 e. The molecule has 1 aliphatic rings. The smallest absolute Gasteiger partial charge is 0.224 e. The van der Waals surface area contributed by atoms with Gasteiger partial charge in [-0.25, -0.2) is 0 Å². The number of nitrogens with zero attached hydrogens (tertiary/aromatic N) is 2. The zero-order chi connectivity index (χ0) is 16.1. The summed E-state index contributed by atoms with van der Waals surface area (Å²) in [4.78, 5) is 11.7. The maximum Gasteiger partial charge on any atom is 0.224 e. The number of anilines is 1. The third kappa shape index (κ3) is 3.91. The fourth-order valence-corrected chi connectivity index (χ4v) is 2.35. The molecule has 1 amide bonds. The fourth-order valence-electron chi connectivity index (χ4n) is 2.35. The van der Waals surface area contributed by atoms with Crippen molar-refractivity contribution in [3.8, 4) is 11.5 Å². The lowest BCUT2D eigenvalue weighted by molar-refractivity contribution is -0.116. The summed E-state index contributed by atoms with van der Waals surface area (Å²) in [5, 5.41) is 7.05. The van der Waals surface area contributed by atoms with Crippen LogP contribution in [0.2, 0.25) is 0 Å². The fraction of sp³-hybridized carbons (Fsp3) is 0.294. The van der Waals surface area contributed by atoms with Crippen LogP contribution in [0.5, 0.6) is 11.5 Å². The van der Waals surface area contributed by atoms with Gasteiger partial charge in [0.25, 0.3) is 0 Å². The summed E-state index contributed by atoms with van der Waals surface area (Å²) in [6, 6.07) is 7.60. The number of rotatable bonds is 6. The number of carbonyl (C=O) groups is 1. The molecule has 0 saturated carbocycles. The first kappa shape index (κ1) is 15.1. The second kappa shape index (κ2) is 7.00. The summed E-state index contributed by atoms with van der Waals surface area (Å²) in [7, 11) is 0. The Labute approximate surface area is 134 Å². The molecular formula is C17H19N3O3. The van der Waals surface area contributed by atoms with Crippen LogP contribution in [0.15, 0.2) is 49.3 Å². The van der Waals surface area contributed by atoms with Crippen molar-refractivity contribution in [2.45, 2.75) is 25.5 Å². The molecule has 1 atom stereocenters. The van der Waals surface area contributed by atoms with Gasteiger partial charge >= 0.3 is 0 Å². The lowest BCUT2D eigenvalue weighted by Gasteiger charge is -2.26. The first-order valence-corrected chi connectivity index (χ1v) is 7.56. The second-order valence-electron chi connectivity index (χ2n) is 5.32. The Balaban J connectivity index is 1.55. The number of para-hydroxylation sites is 2. The Morgan fingerprint density at radius 1 is 1.43 bits per heavy atom.